The lowest BCUT2D eigenvalue weighted by Gasteiger charge is -2.63. The molecule has 4 heteroatoms. The molecular formula is C31H44O4. The van der Waals surface area contributed by atoms with Crippen molar-refractivity contribution in [2.45, 2.75) is 99.0 Å². The topological polar surface area (TPSA) is 52.6 Å². The van der Waals surface area contributed by atoms with Crippen molar-refractivity contribution >= 4 is 11.8 Å². The van der Waals surface area contributed by atoms with Gasteiger partial charge in [-0.05, 0) is 98.5 Å². The number of carbonyl (C=O) groups excluding carboxylic acids is 2. The van der Waals surface area contributed by atoms with E-state index < -0.39 is 5.60 Å². The van der Waals surface area contributed by atoms with Crippen LogP contribution in [-0.2, 0) is 19.1 Å². The second-order valence-corrected chi connectivity index (χ2v) is 13.9. The molecule has 0 amide bonds. The number of cyclic esters (lactones) is 1. The lowest BCUT2D eigenvalue weighted by Crippen LogP contribution is -2.57. The van der Waals surface area contributed by atoms with E-state index in [0.717, 1.165) is 44.1 Å². The van der Waals surface area contributed by atoms with Gasteiger partial charge in [0.2, 0.25) is 0 Å². The van der Waals surface area contributed by atoms with Gasteiger partial charge >= 0.3 is 5.97 Å². The van der Waals surface area contributed by atoms with Crippen LogP contribution in [0.15, 0.2) is 35.1 Å². The van der Waals surface area contributed by atoms with E-state index in [2.05, 4.69) is 40.7 Å². The minimum Gasteiger partial charge on any atom is -0.423 e. The SMILES string of the molecule is COC(C)(C)C=C1C=C([C@@H]2CC[C@]3(C)C4=CC[C@H]5C(C)(C)C(=O)CC[C@]5(C)[C@H]4CC[C@@]23C)C(=O)O1. The maximum Gasteiger partial charge on any atom is 0.339 e. The molecule has 0 N–H and O–H groups in total. The normalized spacial score (nSPS) is 43.8. The molecule has 6 atom stereocenters. The molecule has 1 heterocycles. The van der Waals surface area contributed by atoms with Gasteiger partial charge in [0.25, 0.3) is 0 Å². The Kier molecular flexibility index (Phi) is 5.47. The molecule has 4 nitrogen and oxygen atoms in total. The number of carbonyl (C=O) groups is 2. The monoisotopic (exact) mass is 480 g/mol. The maximum absolute atomic E-state index is 13.1. The molecule has 5 rings (SSSR count). The van der Waals surface area contributed by atoms with E-state index in [1.807, 2.05) is 26.0 Å². The minimum absolute atomic E-state index is 0.0234. The Morgan fingerprint density at radius 2 is 1.71 bits per heavy atom. The quantitative estimate of drug-likeness (QED) is 0.324. The molecule has 192 valence electrons. The summed E-state index contributed by atoms with van der Waals surface area (Å²) in [6, 6.07) is 0. The molecule has 35 heavy (non-hydrogen) atoms. The van der Waals surface area contributed by atoms with Gasteiger partial charge in [-0.3, -0.25) is 4.79 Å². The Morgan fingerprint density at radius 3 is 2.40 bits per heavy atom. The number of rotatable bonds is 3. The number of esters is 1. The lowest BCUT2D eigenvalue weighted by atomic mass is 9.41. The summed E-state index contributed by atoms with van der Waals surface area (Å²) in [4.78, 5) is 25.9. The fraction of sp³-hybridized carbons (Fsp3) is 0.742. The molecular weight excluding hydrogens is 436 g/mol. The van der Waals surface area contributed by atoms with Gasteiger partial charge in [-0.1, -0.05) is 46.3 Å². The standard InChI is InChI=1S/C31H44O4/c1-27(2,34-8)18-19-17-20(26(33)35-19)21-11-15-31(7)23-9-10-24-28(3,4)25(32)13-14-29(24,5)22(23)12-16-30(21,31)6/h9,17-18,21-22,24H,10-16H2,1-8H3/t21-,22-,24-,29+,30-,31+/m0/s1. The summed E-state index contributed by atoms with van der Waals surface area (Å²) in [7, 11) is 1.67. The molecule has 0 saturated heterocycles. The molecule has 0 spiro atoms. The van der Waals surface area contributed by atoms with E-state index in [1.54, 1.807) is 12.7 Å². The van der Waals surface area contributed by atoms with Crippen LogP contribution < -0.4 is 0 Å². The number of hydrogen-bond donors (Lipinski definition) is 0. The average Bonchev–Trinajstić information content (AvgIpc) is 3.26. The third-order valence-electron chi connectivity index (χ3n) is 11.7. The van der Waals surface area contributed by atoms with Gasteiger partial charge in [0.15, 0.2) is 0 Å². The summed E-state index contributed by atoms with van der Waals surface area (Å²) in [6.45, 7) is 15.7. The van der Waals surface area contributed by atoms with E-state index in [1.165, 1.54) is 0 Å². The zero-order valence-corrected chi connectivity index (χ0v) is 23.0. The molecule has 0 aromatic heterocycles. The molecule has 0 radical (unpaired) electrons. The van der Waals surface area contributed by atoms with Crippen molar-refractivity contribution in [2.24, 2.45) is 39.4 Å². The van der Waals surface area contributed by atoms with Crippen LogP contribution in [-0.4, -0.2) is 24.5 Å². The van der Waals surface area contributed by atoms with Crippen LogP contribution in [0.1, 0.15) is 93.4 Å². The third-order valence-corrected chi connectivity index (χ3v) is 11.7. The molecule has 5 aliphatic rings. The zero-order chi connectivity index (χ0) is 25.6. The first-order chi connectivity index (χ1) is 16.2. The average molecular weight is 481 g/mol. The molecule has 4 aliphatic carbocycles. The van der Waals surface area contributed by atoms with Gasteiger partial charge in [-0.2, -0.15) is 0 Å². The fourth-order valence-corrected chi connectivity index (χ4v) is 9.13. The highest BCUT2D eigenvalue weighted by Gasteiger charge is 2.65. The summed E-state index contributed by atoms with van der Waals surface area (Å²) >= 11 is 0. The van der Waals surface area contributed by atoms with E-state index in [-0.39, 0.29) is 33.5 Å². The minimum atomic E-state index is -0.484. The van der Waals surface area contributed by atoms with Gasteiger partial charge in [-0.25, -0.2) is 4.79 Å². The van der Waals surface area contributed by atoms with E-state index in [9.17, 15) is 9.59 Å². The van der Waals surface area contributed by atoms with Gasteiger partial charge in [0.1, 0.15) is 11.5 Å². The highest BCUT2D eigenvalue weighted by atomic mass is 16.5. The number of ether oxygens (including phenoxy) is 2. The predicted molar refractivity (Wildman–Crippen MR) is 137 cm³/mol. The summed E-state index contributed by atoms with van der Waals surface area (Å²) in [5, 5.41) is 0. The summed E-state index contributed by atoms with van der Waals surface area (Å²) < 4.78 is 11.2. The Bertz CT molecular complexity index is 1060. The largest absolute Gasteiger partial charge is 0.423 e. The first-order valence-electron chi connectivity index (χ1n) is 13.7. The number of methoxy groups -OCH3 is 1. The van der Waals surface area contributed by atoms with Gasteiger partial charge in [-0.15, -0.1) is 0 Å². The van der Waals surface area contributed by atoms with Crippen molar-refractivity contribution in [3.8, 4) is 0 Å². The van der Waals surface area contributed by atoms with Gasteiger partial charge < -0.3 is 9.47 Å². The van der Waals surface area contributed by atoms with Crippen LogP contribution in [0, 0.1) is 39.4 Å². The van der Waals surface area contributed by atoms with Crippen LogP contribution in [0.4, 0.5) is 0 Å². The van der Waals surface area contributed by atoms with Crippen LogP contribution in [0.25, 0.3) is 0 Å². The van der Waals surface area contributed by atoms with Gasteiger partial charge in [0, 0.05) is 24.5 Å². The Hall–Kier alpha value is -1.68. The molecule has 1 aliphatic heterocycles. The number of Topliss-reactive ketones (excluding diaryl/α,β-unsaturated/α-hetero) is 1. The molecule has 0 unspecified atom stereocenters. The Morgan fingerprint density at radius 1 is 1.03 bits per heavy atom. The maximum atomic E-state index is 13.1. The van der Waals surface area contributed by atoms with Crippen molar-refractivity contribution in [1.29, 1.82) is 0 Å². The third kappa shape index (κ3) is 3.34. The van der Waals surface area contributed by atoms with Crippen molar-refractivity contribution in [2.75, 3.05) is 7.11 Å². The van der Waals surface area contributed by atoms with Crippen LogP contribution in [0.2, 0.25) is 0 Å². The summed E-state index contributed by atoms with van der Waals surface area (Å²) in [5.74, 6) is 2.03. The number of hydrogen-bond acceptors (Lipinski definition) is 4. The number of ketones is 1. The molecule has 0 aromatic carbocycles. The van der Waals surface area contributed by atoms with Gasteiger partial charge in [0.05, 0.1) is 5.60 Å². The summed E-state index contributed by atoms with van der Waals surface area (Å²) in [6.07, 6.45) is 13.5. The van der Waals surface area contributed by atoms with Crippen LogP contribution in [0.3, 0.4) is 0 Å². The number of fused-ring (bicyclic) bond motifs is 5. The van der Waals surface area contributed by atoms with Crippen molar-refractivity contribution < 1.29 is 19.1 Å². The first-order valence-corrected chi connectivity index (χ1v) is 13.7. The summed E-state index contributed by atoms with van der Waals surface area (Å²) in [5.41, 5.74) is 2.01. The second kappa shape index (κ2) is 7.66. The first kappa shape index (κ1) is 25.0. The molecule has 3 fully saturated rings. The predicted octanol–water partition coefficient (Wildman–Crippen LogP) is 6.95. The van der Waals surface area contributed by atoms with E-state index >= 15 is 0 Å². The van der Waals surface area contributed by atoms with Crippen molar-refractivity contribution in [3.05, 3.63) is 35.1 Å². The molecule has 0 aromatic rings. The fourth-order valence-electron chi connectivity index (χ4n) is 9.13. The van der Waals surface area contributed by atoms with Crippen LogP contribution >= 0.6 is 0 Å². The second-order valence-electron chi connectivity index (χ2n) is 13.9. The van der Waals surface area contributed by atoms with E-state index in [0.29, 0.717) is 29.8 Å². The Balaban J connectivity index is 1.50. The highest BCUT2D eigenvalue weighted by molar-refractivity contribution is 5.93. The van der Waals surface area contributed by atoms with E-state index in [4.69, 9.17) is 9.47 Å². The zero-order valence-electron chi connectivity index (χ0n) is 23.0. The van der Waals surface area contributed by atoms with Crippen molar-refractivity contribution in [1.82, 2.24) is 0 Å². The number of allylic oxidation sites excluding steroid dienone is 3. The molecule has 3 saturated carbocycles. The molecule has 0 bridgehead atoms. The lowest BCUT2D eigenvalue weighted by molar-refractivity contribution is -0.145. The smallest absolute Gasteiger partial charge is 0.339 e. The highest BCUT2D eigenvalue weighted by Crippen LogP contribution is 2.73. The van der Waals surface area contributed by atoms with Crippen LogP contribution in [0.5, 0.6) is 0 Å². The van der Waals surface area contributed by atoms with Crippen molar-refractivity contribution in [3.63, 3.8) is 0 Å². The Labute approximate surface area is 211 Å².